The van der Waals surface area contributed by atoms with Crippen LogP contribution in [0, 0.1) is 0 Å². The van der Waals surface area contributed by atoms with Gasteiger partial charge in [0.25, 0.3) is 0 Å². The Labute approximate surface area is 67.1 Å². The number of halogens is 4. The summed E-state index contributed by atoms with van der Waals surface area (Å²) in [7, 11) is 0.841. The molecule has 0 rings (SSSR count). The van der Waals surface area contributed by atoms with Gasteiger partial charge >= 0.3 is 12.1 Å². The molecule has 0 spiro atoms. The van der Waals surface area contributed by atoms with Crippen LogP contribution in [-0.2, 0) is 9.53 Å². The van der Waals surface area contributed by atoms with Crippen molar-refractivity contribution in [2.75, 3.05) is 7.11 Å². The Morgan fingerprint density at radius 1 is 1.55 bits per heavy atom. The maximum Gasteiger partial charge on any atom is 0.414 e. The Morgan fingerprint density at radius 3 is 2.00 bits per heavy atom. The average molecular weight is 194 g/mol. The van der Waals surface area contributed by atoms with Crippen LogP contribution < -0.4 is 5.73 Å². The quantitative estimate of drug-likeness (QED) is 0.616. The lowest BCUT2D eigenvalue weighted by Gasteiger charge is -2.11. The molecule has 0 aromatic carbocycles. The highest BCUT2D eigenvalue weighted by atomic mass is 35.5. The Hall–Kier alpha value is -0.490. The van der Waals surface area contributed by atoms with E-state index in [9.17, 15) is 18.0 Å². The zero-order valence-electron chi connectivity index (χ0n) is 5.51. The van der Waals surface area contributed by atoms with E-state index in [1.807, 2.05) is 0 Å². The van der Waals surface area contributed by atoms with E-state index < -0.39 is 18.2 Å². The summed E-state index contributed by atoms with van der Waals surface area (Å²) in [6.07, 6.45) is -4.72. The van der Waals surface area contributed by atoms with Crippen molar-refractivity contribution in [2.45, 2.75) is 12.2 Å². The van der Waals surface area contributed by atoms with Crippen molar-refractivity contribution < 1.29 is 22.7 Å². The van der Waals surface area contributed by atoms with Crippen molar-refractivity contribution in [2.24, 2.45) is 5.73 Å². The van der Waals surface area contributed by atoms with Crippen LogP contribution in [0.3, 0.4) is 0 Å². The molecule has 0 saturated heterocycles. The van der Waals surface area contributed by atoms with Crippen molar-refractivity contribution in [1.29, 1.82) is 0 Å². The topological polar surface area (TPSA) is 52.3 Å². The molecule has 0 aliphatic carbocycles. The van der Waals surface area contributed by atoms with Crippen LogP contribution >= 0.6 is 12.4 Å². The minimum Gasteiger partial charge on any atom is -0.468 e. The molecule has 1 atom stereocenters. The molecule has 2 N–H and O–H groups in total. The lowest BCUT2D eigenvalue weighted by molar-refractivity contribution is -0.177. The summed E-state index contributed by atoms with van der Waals surface area (Å²) in [5.41, 5.74) is 4.41. The highest BCUT2D eigenvalue weighted by Gasteiger charge is 2.42. The van der Waals surface area contributed by atoms with Gasteiger partial charge in [-0.3, -0.25) is 4.79 Å². The van der Waals surface area contributed by atoms with Crippen molar-refractivity contribution in [3.8, 4) is 0 Å². The largest absolute Gasteiger partial charge is 0.468 e. The number of nitrogens with two attached hydrogens (primary N) is 1. The van der Waals surface area contributed by atoms with E-state index in [0.717, 1.165) is 7.11 Å². The molecule has 0 aliphatic rings. The Kier molecular flexibility index (Phi) is 5.25. The van der Waals surface area contributed by atoms with E-state index in [0.29, 0.717) is 0 Å². The van der Waals surface area contributed by atoms with E-state index in [-0.39, 0.29) is 12.4 Å². The van der Waals surface area contributed by atoms with Crippen LogP contribution in [-0.4, -0.2) is 25.3 Å². The maximum atomic E-state index is 11.5. The van der Waals surface area contributed by atoms with E-state index in [1.165, 1.54) is 0 Å². The van der Waals surface area contributed by atoms with Crippen LogP contribution in [0.5, 0.6) is 0 Å². The number of carbonyl (C=O) groups excluding carboxylic acids is 1. The van der Waals surface area contributed by atoms with Gasteiger partial charge in [0.2, 0.25) is 0 Å². The lowest BCUT2D eigenvalue weighted by atomic mass is 10.3. The molecule has 0 bridgehead atoms. The van der Waals surface area contributed by atoms with E-state index in [2.05, 4.69) is 10.5 Å². The first kappa shape index (κ1) is 13.1. The predicted octanol–water partition coefficient (Wildman–Crippen LogP) is 0.471. The third-order valence-electron chi connectivity index (χ3n) is 0.808. The second-order valence-corrected chi connectivity index (χ2v) is 1.54. The molecule has 7 heteroatoms. The first-order valence-corrected chi connectivity index (χ1v) is 2.29. The number of hydrogen-bond donors (Lipinski definition) is 1. The van der Waals surface area contributed by atoms with Gasteiger partial charge in [-0.1, -0.05) is 0 Å². The third kappa shape index (κ3) is 4.05. The molecule has 0 aromatic heterocycles. The first-order chi connectivity index (χ1) is 4.39. The number of carbonyl (C=O) groups is 1. The van der Waals surface area contributed by atoms with Gasteiger partial charge in [-0.25, -0.2) is 0 Å². The molecular formula is C4H7ClF3NO2. The normalized spacial score (nSPS) is 13.2. The fourth-order valence-corrected chi connectivity index (χ4v) is 0.261. The molecule has 0 amide bonds. The number of esters is 1. The van der Waals surface area contributed by atoms with Gasteiger partial charge in [0.1, 0.15) is 0 Å². The summed E-state index contributed by atoms with van der Waals surface area (Å²) in [5, 5.41) is 0. The Balaban J connectivity index is 0. The van der Waals surface area contributed by atoms with Gasteiger partial charge in [-0.2, -0.15) is 13.2 Å². The molecule has 0 aliphatic heterocycles. The fourth-order valence-electron chi connectivity index (χ4n) is 0.261. The van der Waals surface area contributed by atoms with Gasteiger partial charge in [0, 0.05) is 0 Å². The van der Waals surface area contributed by atoms with Crippen LogP contribution in [0.1, 0.15) is 0 Å². The number of ether oxygens (including phenoxy) is 1. The molecule has 0 fully saturated rings. The number of alkyl halides is 3. The summed E-state index contributed by atoms with van der Waals surface area (Å²) in [6, 6.07) is -2.53. The average Bonchev–Trinajstić information content (AvgIpc) is 1.83. The van der Waals surface area contributed by atoms with Gasteiger partial charge in [-0.15, -0.1) is 12.4 Å². The van der Waals surface area contributed by atoms with Crippen molar-refractivity contribution in [1.82, 2.24) is 0 Å². The number of hydrogen-bond acceptors (Lipinski definition) is 3. The van der Waals surface area contributed by atoms with Gasteiger partial charge in [-0.05, 0) is 0 Å². The molecule has 11 heavy (non-hydrogen) atoms. The van der Waals surface area contributed by atoms with Crippen molar-refractivity contribution >= 4 is 18.4 Å². The van der Waals surface area contributed by atoms with Crippen LogP contribution in [0.25, 0.3) is 0 Å². The third-order valence-corrected chi connectivity index (χ3v) is 0.808. The molecule has 68 valence electrons. The van der Waals surface area contributed by atoms with Gasteiger partial charge in [0.05, 0.1) is 7.11 Å². The van der Waals surface area contributed by atoms with E-state index >= 15 is 0 Å². The SMILES string of the molecule is COC(=O)[C@@H](N)C(F)(F)F.Cl. The summed E-state index contributed by atoms with van der Waals surface area (Å²) >= 11 is 0. The molecule has 0 aromatic rings. The summed E-state index contributed by atoms with van der Waals surface area (Å²) in [6.45, 7) is 0. The van der Waals surface area contributed by atoms with Crippen LogP contribution in [0.15, 0.2) is 0 Å². The minimum atomic E-state index is -4.72. The van der Waals surface area contributed by atoms with Crippen LogP contribution in [0.4, 0.5) is 13.2 Å². The Bertz CT molecular complexity index is 138. The first-order valence-electron chi connectivity index (χ1n) is 2.29. The van der Waals surface area contributed by atoms with Crippen molar-refractivity contribution in [3.63, 3.8) is 0 Å². The number of rotatable bonds is 1. The molecule has 0 saturated carbocycles. The smallest absolute Gasteiger partial charge is 0.414 e. The summed E-state index contributed by atoms with van der Waals surface area (Å²) < 4.78 is 38.1. The van der Waals surface area contributed by atoms with E-state index in [4.69, 9.17) is 0 Å². The highest BCUT2D eigenvalue weighted by molar-refractivity contribution is 5.85. The zero-order valence-corrected chi connectivity index (χ0v) is 6.33. The molecule has 0 heterocycles. The zero-order chi connectivity index (χ0) is 8.36. The minimum absolute atomic E-state index is 0. The number of methoxy groups -OCH3 is 1. The second kappa shape index (κ2) is 4.40. The fraction of sp³-hybridized carbons (Fsp3) is 0.750. The van der Waals surface area contributed by atoms with Crippen LogP contribution in [0.2, 0.25) is 0 Å². The molecule has 0 radical (unpaired) electrons. The standard InChI is InChI=1S/C4H6F3NO2.ClH/c1-10-3(9)2(8)4(5,6)7;/h2H,8H2,1H3;1H/t2-;/m1./s1. The maximum absolute atomic E-state index is 11.5. The second-order valence-electron chi connectivity index (χ2n) is 1.54. The lowest BCUT2D eigenvalue weighted by Crippen LogP contribution is -2.44. The highest BCUT2D eigenvalue weighted by Crippen LogP contribution is 2.18. The predicted molar refractivity (Wildman–Crippen MR) is 33.3 cm³/mol. The Morgan fingerprint density at radius 2 is 1.91 bits per heavy atom. The summed E-state index contributed by atoms with van der Waals surface area (Å²) in [4.78, 5) is 10.1. The summed E-state index contributed by atoms with van der Waals surface area (Å²) in [5.74, 6) is -1.48. The molecular weight excluding hydrogens is 186 g/mol. The molecule has 3 nitrogen and oxygen atoms in total. The van der Waals surface area contributed by atoms with E-state index in [1.54, 1.807) is 0 Å². The van der Waals surface area contributed by atoms with Gasteiger partial charge in [0.15, 0.2) is 6.04 Å². The van der Waals surface area contributed by atoms with Crippen molar-refractivity contribution in [3.05, 3.63) is 0 Å². The monoisotopic (exact) mass is 193 g/mol. The van der Waals surface area contributed by atoms with Gasteiger partial charge < -0.3 is 10.5 Å². The molecule has 0 unspecified atom stereocenters.